The summed E-state index contributed by atoms with van der Waals surface area (Å²) in [7, 11) is 0. The van der Waals surface area contributed by atoms with Crippen LogP contribution in [0.4, 0.5) is 0 Å². The number of halogens is 2. The predicted molar refractivity (Wildman–Crippen MR) is 110 cm³/mol. The van der Waals surface area contributed by atoms with Gasteiger partial charge in [-0.1, -0.05) is 60.7 Å². The molecule has 2 fully saturated rings. The third kappa shape index (κ3) is 4.98. The first-order chi connectivity index (χ1) is 11.3. The van der Waals surface area contributed by atoms with E-state index >= 15 is 0 Å². The molecule has 2 saturated heterocycles. The second kappa shape index (κ2) is 9.05. The van der Waals surface area contributed by atoms with Gasteiger partial charge >= 0.3 is 0 Å². The minimum atomic E-state index is 0. The highest BCUT2D eigenvalue weighted by molar-refractivity contribution is 5.85. The topological polar surface area (TPSA) is 6.48 Å². The molecule has 2 aromatic rings. The summed E-state index contributed by atoms with van der Waals surface area (Å²) in [5.41, 5.74) is 3.44. The van der Waals surface area contributed by atoms with Gasteiger partial charge in [0, 0.05) is 26.2 Å². The molecule has 0 atom stereocenters. The molecule has 2 aliphatic heterocycles. The summed E-state index contributed by atoms with van der Waals surface area (Å²) in [6.45, 7) is 7.28. The third-order valence-electron chi connectivity index (χ3n) is 5.53. The zero-order valence-electron chi connectivity index (χ0n) is 14.6. The number of rotatable bonds is 4. The molecule has 0 aromatic heterocycles. The molecule has 1 spiro atoms. The summed E-state index contributed by atoms with van der Waals surface area (Å²) in [6, 6.07) is 21.8. The first-order valence-corrected chi connectivity index (χ1v) is 8.84. The molecular formula is C21H28Cl2N2. The Kier molecular flexibility index (Phi) is 7.33. The summed E-state index contributed by atoms with van der Waals surface area (Å²) in [5, 5.41) is 0. The van der Waals surface area contributed by atoms with Gasteiger partial charge in [-0.25, -0.2) is 0 Å². The van der Waals surface area contributed by atoms with E-state index in [0.717, 1.165) is 13.1 Å². The molecule has 2 aliphatic rings. The van der Waals surface area contributed by atoms with Crippen molar-refractivity contribution in [2.45, 2.75) is 25.9 Å². The van der Waals surface area contributed by atoms with Crippen LogP contribution >= 0.6 is 24.8 Å². The van der Waals surface area contributed by atoms with Gasteiger partial charge in [-0.15, -0.1) is 24.8 Å². The van der Waals surface area contributed by atoms with Gasteiger partial charge in [-0.05, 0) is 42.5 Å². The minimum Gasteiger partial charge on any atom is -0.298 e. The highest BCUT2D eigenvalue weighted by Crippen LogP contribution is 2.40. The van der Waals surface area contributed by atoms with Gasteiger partial charge in [0.05, 0.1) is 0 Å². The standard InChI is InChI=1S/C21H26N2.2ClH/c1-3-7-19(8-4-1)15-22-13-11-21(17-22)12-14-23(18-21)16-20-9-5-2-6-10-20;;/h1-10H,11-18H2;2*1H. The van der Waals surface area contributed by atoms with Crippen molar-refractivity contribution in [1.29, 1.82) is 0 Å². The summed E-state index contributed by atoms with van der Waals surface area (Å²) in [4.78, 5) is 5.31. The van der Waals surface area contributed by atoms with Gasteiger partial charge in [-0.3, -0.25) is 9.80 Å². The SMILES string of the molecule is Cl.Cl.c1ccc(CN2CCC3(CCN(Cc4ccccc4)C3)C2)cc1. The van der Waals surface area contributed by atoms with Crippen LogP contribution in [0.2, 0.25) is 0 Å². The number of likely N-dealkylation sites (tertiary alicyclic amines) is 2. The molecule has 0 bridgehead atoms. The van der Waals surface area contributed by atoms with Crippen molar-refractivity contribution in [3.8, 4) is 0 Å². The zero-order valence-corrected chi connectivity index (χ0v) is 16.3. The van der Waals surface area contributed by atoms with Crippen LogP contribution in [-0.2, 0) is 13.1 Å². The molecule has 0 N–H and O–H groups in total. The fourth-order valence-corrected chi connectivity index (χ4v) is 4.34. The van der Waals surface area contributed by atoms with Crippen LogP contribution < -0.4 is 0 Å². The largest absolute Gasteiger partial charge is 0.298 e. The minimum absolute atomic E-state index is 0. The normalized spacial score (nSPS) is 19.5. The lowest BCUT2D eigenvalue weighted by molar-refractivity contribution is 0.234. The molecule has 136 valence electrons. The van der Waals surface area contributed by atoms with Crippen molar-refractivity contribution in [2.75, 3.05) is 26.2 Å². The van der Waals surface area contributed by atoms with Crippen molar-refractivity contribution in [3.05, 3.63) is 71.8 Å². The molecule has 0 radical (unpaired) electrons. The Bertz CT molecular complexity index is 575. The van der Waals surface area contributed by atoms with Gasteiger partial charge in [0.2, 0.25) is 0 Å². The maximum atomic E-state index is 2.65. The molecular weight excluding hydrogens is 351 g/mol. The Morgan fingerprint density at radius 2 is 1.04 bits per heavy atom. The lowest BCUT2D eigenvalue weighted by Gasteiger charge is -2.25. The van der Waals surface area contributed by atoms with Crippen LogP contribution in [0.25, 0.3) is 0 Å². The first kappa shape index (κ1) is 20.3. The lowest BCUT2D eigenvalue weighted by Crippen LogP contribution is -2.30. The van der Waals surface area contributed by atoms with E-state index in [4.69, 9.17) is 0 Å². The monoisotopic (exact) mass is 378 g/mol. The van der Waals surface area contributed by atoms with E-state index in [2.05, 4.69) is 70.5 Å². The average molecular weight is 379 g/mol. The van der Waals surface area contributed by atoms with E-state index in [1.807, 2.05) is 0 Å². The van der Waals surface area contributed by atoms with Crippen LogP contribution in [0, 0.1) is 5.41 Å². The molecule has 0 unspecified atom stereocenters. The number of hydrogen-bond acceptors (Lipinski definition) is 2. The quantitative estimate of drug-likeness (QED) is 0.764. The smallest absolute Gasteiger partial charge is 0.0233 e. The summed E-state index contributed by atoms with van der Waals surface area (Å²) >= 11 is 0. The van der Waals surface area contributed by atoms with E-state index in [-0.39, 0.29) is 24.8 Å². The number of benzene rings is 2. The Morgan fingerprint density at radius 3 is 1.44 bits per heavy atom. The molecule has 4 heteroatoms. The van der Waals surface area contributed by atoms with Crippen LogP contribution in [-0.4, -0.2) is 36.0 Å². The molecule has 2 nitrogen and oxygen atoms in total. The number of nitrogens with zero attached hydrogens (tertiary/aromatic N) is 2. The maximum Gasteiger partial charge on any atom is 0.0233 e. The van der Waals surface area contributed by atoms with E-state index in [1.165, 1.54) is 50.1 Å². The van der Waals surface area contributed by atoms with Crippen molar-refractivity contribution in [1.82, 2.24) is 9.80 Å². The molecule has 2 heterocycles. The molecule has 0 saturated carbocycles. The molecule has 4 rings (SSSR count). The average Bonchev–Trinajstić information content (AvgIpc) is 3.16. The van der Waals surface area contributed by atoms with Gasteiger partial charge in [-0.2, -0.15) is 0 Å². The van der Waals surface area contributed by atoms with Gasteiger partial charge in [0.1, 0.15) is 0 Å². The van der Waals surface area contributed by atoms with E-state index < -0.39 is 0 Å². The van der Waals surface area contributed by atoms with Crippen molar-refractivity contribution >= 4 is 24.8 Å². The summed E-state index contributed by atoms with van der Waals surface area (Å²) in [6.07, 6.45) is 2.73. The van der Waals surface area contributed by atoms with Crippen molar-refractivity contribution in [2.24, 2.45) is 5.41 Å². The zero-order chi connectivity index (χ0) is 15.5. The highest BCUT2D eigenvalue weighted by Gasteiger charge is 2.43. The fraction of sp³-hybridized carbons (Fsp3) is 0.429. The summed E-state index contributed by atoms with van der Waals surface area (Å²) < 4.78 is 0. The van der Waals surface area contributed by atoms with Crippen LogP contribution in [0.1, 0.15) is 24.0 Å². The van der Waals surface area contributed by atoms with Crippen LogP contribution in [0.15, 0.2) is 60.7 Å². The van der Waals surface area contributed by atoms with E-state index in [1.54, 1.807) is 0 Å². The Labute approximate surface area is 164 Å². The molecule has 25 heavy (non-hydrogen) atoms. The van der Waals surface area contributed by atoms with E-state index in [0.29, 0.717) is 5.41 Å². The Balaban J connectivity index is 0.00000113. The highest BCUT2D eigenvalue weighted by atomic mass is 35.5. The van der Waals surface area contributed by atoms with Gasteiger partial charge in [0.15, 0.2) is 0 Å². The Hall–Kier alpha value is -1.06. The second-order valence-electron chi connectivity index (χ2n) is 7.39. The van der Waals surface area contributed by atoms with Gasteiger partial charge < -0.3 is 0 Å². The van der Waals surface area contributed by atoms with Crippen molar-refractivity contribution < 1.29 is 0 Å². The lowest BCUT2D eigenvalue weighted by atomic mass is 9.86. The van der Waals surface area contributed by atoms with Crippen molar-refractivity contribution in [3.63, 3.8) is 0 Å². The van der Waals surface area contributed by atoms with E-state index in [9.17, 15) is 0 Å². The molecule has 2 aromatic carbocycles. The van der Waals surface area contributed by atoms with Crippen LogP contribution in [0.3, 0.4) is 0 Å². The predicted octanol–water partition coefficient (Wildman–Crippen LogP) is 4.63. The van der Waals surface area contributed by atoms with Gasteiger partial charge in [0.25, 0.3) is 0 Å². The fourth-order valence-electron chi connectivity index (χ4n) is 4.34. The Morgan fingerprint density at radius 1 is 0.640 bits per heavy atom. The summed E-state index contributed by atoms with van der Waals surface area (Å²) in [5.74, 6) is 0. The first-order valence-electron chi connectivity index (χ1n) is 8.84. The molecule has 0 amide bonds. The van der Waals surface area contributed by atoms with Crippen LogP contribution in [0.5, 0.6) is 0 Å². The molecule has 0 aliphatic carbocycles. The maximum absolute atomic E-state index is 2.65. The number of hydrogen-bond donors (Lipinski definition) is 0. The third-order valence-corrected chi connectivity index (χ3v) is 5.53. The second-order valence-corrected chi connectivity index (χ2v) is 7.39.